The number of rotatable bonds is 7. The van der Waals surface area contributed by atoms with Crippen LogP contribution in [0.1, 0.15) is 56.9 Å². The van der Waals surface area contributed by atoms with Gasteiger partial charge in [0.05, 0.1) is 0 Å². The van der Waals surface area contributed by atoms with Crippen molar-refractivity contribution < 1.29 is 9.59 Å². The molecule has 1 heterocycles. The first-order chi connectivity index (χ1) is 13.2. The molecular weight excluding hydrogens is 338 g/mol. The number of hydrogen-bond donors (Lipinski definition) is 2. The van der Waals surface area contributed by atoms with Crippen LogP contribution >= 0.6 is 0 Å². The molecule has 1 aromatic carbocycles. The van der Waals surface area contributed by atoms with Crippen LogP contribution < -0.4 is 10.6 Å². The van der Waals surface area contributed by atoms with Gasteiger partial charge in [0.2, 0.25) is 11.8 Å². The first-order valence-electron chi connectivity index (χ1n) is 10.5. The predicted octanol–water partition coefficient (Wildman–Crippen LogP) is 2.85. The Morgan fingerprint density at radius 3 is 2.37 bits per heavy atom. The Kier molecular flexibility index (Phi) is 7.69. The van der Waals surface area contributed by atoms with Gasteiger partial charge in [0.1, 0.15) is 0 Å². The van der Waals surface area contributed by atoms with E-state index in [1.54, 1.807) is 0 Å². The molecule has 2 aliphatic rings. The maximum Gasteiger partial charge on any atom is 0.223 e. The number of piperidine rings is 1. The maximum absolute atomic E-state index is 12.4. The van der Waals surface area contributed by atoms with Gasteiger partial charge in [0.25, 0.3) is 0 Å². The zero-order valence-corrected chi connectivity index (χ0v) is 16.3. The second-order valence-electron chi connectivity index (χ2n) is 7.97. The van der Waals surface area contributed by atoms with Crippen LogP contribution in [0, 0.1) is 5.92 Å². The second kappa shape index (κ2) is 10.5. The highest BCUT2D eigenvalue weighted by Gasteiger charge is 2.25. The van der Waals surface area contributed by atoms with Crippen molar-refractivity contribution in [1.82, 2.24) is 15.5 Å². The third-order valence-electron chi connectivity index (χ3n) is 5.89. The van der Waals surface area contributed by atoms with Gasteiger partial charge in [-0.2, -0.15) is 0 Å². The number of nitrogens with zero attached hydrogens (tertiary/aromatic N) is 1. The number of carbonyl (C=O) groups is 2. The minimum Gasteiger partial charge on any atom is -0.353 e. The van der Waals surface area contributed by atoms with Gasteiger partial charge in [0.15, 0.2) is 0 Å². The summed E-state index contributed by atoms with van der Waals surface area (Å²) in [7, 11) is 0. The summed E-state index contributed by atoms with van der Waals surface area (Å²) in [5, 5.41) is 6.25. The Bertz CT molecular complexity index is 591. The molecule has 0 aromatic heterocycles. The predicted molar refractivity (Wildman–Crippen MR) is 107 cm³/mol. The fourth-order valence-electron chi connectivity index (χ4n) is 4.15. The molecule has 148 valence electrons. The van der Waals surface area contributed by atoms with E-state index in [-0.39, 0.29) is 17.7 Å². The smallest absolute Gasteiger partial charge is 0.223 e. The van der Waals surface area contributed by atoms with Crippen LogP contribution in [0.15, 0.2) is 30.3 Å². The van der Waals surface area contributed by atoms with Crippen molar-refractivity contribution in [2.75, 3.05) is 19.6 Å². The number of amides is 2. The lowest BCUT2D eigenvalue weighted by Crippen LogP contribution is -2.42. The van der Waals surface area contributed by atoms with E-state index < -0.39 is 0 Å². The highest BCUT2D eigenvalue weighted by atomic mass is 16.2. The molecule has 27 heavy (non-hydrogen) atoms. The first-order valence-corrected chi connectivity index (χ1v) is 10.5. The average Bonchev–Trinajstić information content (AvgIpc) is 2.72. The molecule has 3 rings (SSSR count). The lowest BCUT2D eigenvalue weighted by molar-refractivity contribution is -0.127. The van der Waals surface area contributed by atoms with Gasteiger partial charge in [-0.25, -0.2) is 0 Å². The van der Waals surface area contributed by atoms with Crippen molar-refractivity contribution in [2.45, 2.75) is 64.0 Å². The monoisotopic (exact) mass is 371 g/mol. The van der Waals surface area contributed by atoms with Crippen molar-refractivity contribution in [2.24, 2.45) is 5.92 Å². The normalized spacial score (nSPS) is 19.6. The Balaban J connectivity index is 1.30. The van der Waals surface area contributed by atoms with E-state index in [0.29, 0.717) is 19.0 Å². The molecule has 2 amide bonds. The molecule has 5 heteroatoms. The standard InChI is InChI=1S/C22H33N3O2/c26-21(24-20-9-5-2-6-10-20)13-16-25-14-11-19(12-15-25)22(27)23-17-18-7-3-1-4-8-18/h1,3-4,7-8,19-20H,2,5-6,9-17H2,(H,23,27)(H,24,26). The van der Waals surface area contributed by atoms with Crippen LogP contribution in [-0.2, 0) is 16.1 Å². The molecule has 0 spiro atoms. The SMILES string of the molecule is O=C(CCN1CCC(C(=O)NCc2ccccc2)CC1)NC1CCCCC1. The minimum absolute atomic E-state index is 0.0982. The topological polar surface area (TPSA) is 61.4 Å². The average molecular weight is 372 g/mol. The summed E-state index contributed by atoms with van der Waals surface area (Å²) in [5.74, 6) is 0.444. The third-order valence-corrected chi connectivity index (χ3v) is 5.89. The van der Waals surface area contributed by atoms with Crippen LogP contribution in [0.2, 0.25) is 0 Å². The van der Waals surface area contributed by atoms with Gasteiger partial charge >= 0.3 is 0 Å². The van der Waals surface area contributed by atoms with E-state index >= 15 is 0 Å². The molecule has 1 aliphatic carbocycles. The van der Waals surface area contributed by atoms with Crippen molar-refractivity contribution in [3.8, 4) is 0 Å². The number of nitrogens with one attached hydrogen (secondary N) is 2. The Morgan fingerprint density at radius 1 is 0.963 bits per heavy atom. The zero-order valence-electron chi connectivity index (χ0n) is 16.3. The fourth-order valence-corrected chi connectivity index (χ4v) is 4.15. The van der Waals surface area contributed by atoms with Gasteiger partial charge in [-0.05, 0) is 44.3 Å². The van der Waals surface area contributed by atoms with Gasteiger partial charge < -0.3 is 15.5 Å². The van der Waals surface area contributed by atoms with E-state index in [0.717, 1.165) is 50.9 Å². The molecule has 0 unspecified atom stereocenters. The molecule has 1 saturated heterocycles. The minimum atomic E-state index is 0.0982. The molecule has 0 atom stereocenters. The number of likely N-dealkylation sites (tertiary alicyclic amines) is 1. The highest BCUT2D eigenvalue weighted by Crippen LogP contribution is 2.19. The third kappa shape index (κ3) is 6.65. The Morgan fingerprint density at radius 2 is 1.67 bits per heavy atom. The van der Waals surface area contributed by atoms with Gasteiger partial charge in [-0.1, -0.05) is 49.6 Å². The van der Waals surface area contributed by atoms with Crippen LogP contribution in [0.3, 0.4) is 0 Å². The summed E-state index contributed by atoms with van der Waals surface area (Å²) in [5.41, 5.74) is 1.13. The largest absolute Gasteiger partial charge is 0.353 e. The van der Waals surface area contributed by atoms with Gasteiger partial charge in [-0.3, -0.25) is 9.59 Å². The summed E-state index contributed by atoms with van der Waals surface area (Å²) in [6.07, 6.45) is 8.39. The molecule has 0 radical (unpaired) electrons. The fraction of sp³-hybridized carbons (Fsp3) is 0.636. The summed E-state index contributed by atoms with van der Waals surface area (Å²) >= 11 is 0. The summed E-state index contributed by atoms with van der Waals surface area (Å²) in [6.45, 7) is 3.21. The van der Waals surface area contributed by atoms with Crippen LogP contribution in [0.5, 0.6) is 0 Å². The molecule has 1 aliphatic heterocycles. The van der Waals surface area contributed by atoms with Crippen molar-refractivity contribution in [3.63, 3.8) is 0 Å². The zero-order chi connectivity index (χ0) is 18.9. The summed E-state index contributed by atoms with van der Waals surface area (Å²) in [4.78, 5) is 26.8. The summed E-state index contributed by atoms with van der Waals surface area (Å²) < 4.78 is 0. The molecule has 1 aromatic rings. The lowest BCUT2D eigenvalue weighted by atomic mass is 9.95. The van der Waals surface area contributed by atoms with E-state index in [1.807, 2.05) is 30.3 Å². The Hall–Kier alpha value is -1.88. The van der Waals surface area contributed by atoms with Crippen LogP contribution in [0.4, 0.5) is 0 Å². The molecule has 1 saturated carbocycles. The van der Waals surface area contributed by atoms with Crippen molar-refractivity contribution >= 4 is 11.8 Å². The number of carbonyl (C=O) groups excluding carboxylic acids is 2. The molecule has 0 bridgehead atoms. The van der Waals surface area contributed by atoms with Crippen LogP contribution in [0.25, 0.3) is 0 Å². The van der Waals surface area contributed by atoms with E-state index in [2.05, 4.69) is 15.5 Å². The van der Waals surface area contributed by atoms with Gasteiger partial charge in [-0.15, -0.1) is 0 Å². The number of hydrogen-bond acceptors (Lipinski definition) is 3. The summed E-state index contributed by atoms with van der Waals surface area (Å²) in [6, 6.07) is 10.4. The lowest BCUT2D eigenvalue weighted by Gasteiger charge is -2.31. The van der Waals surface area contributed by atoms with E-state index in [9.17, 15) is 9.59 Å². The maximum atomic E-state index is 12.4. The quantitative estimate of drug-likeness (QED) is 0.775. The van der Waals surface area contributed by atoms with E-state index in [1.165, 1.54) is 19.3 Å². The second-order valence-corrected chi connectivity index (χ2v) is 7.97. The van der Waals surface area contributed by atoms with Gasteiger partial charge in [0, 0.05) is 31.5 Å². The van der Waals surface area contributed by atoms with Crippen molar-refractivity contribution in [1.29, 1.82) is 0 Å². The molecule has 2 N–H and O–H groups in total. The van der Waals surface area contributed by atoms with E-state index in [4.69, 9.17) is 0 Å². The Labute approximate surface area is 162 Å². The number of benzene rings is 1. The van der Waals surface area contributed by atoms with Crippen molar-refractivity contribution in [3.05, 3.63) is 35.9 Å². The molecule has 2 fully saturated rings. The highest BCUT2D eigenvalue weighted by molar-refractivity contribution is 5.78. The first kappa shape index (κ1) is 19.9. The molecule has 5 nitrogen and oxygen atoms in total. The van der Waals surface area contributed by atoms with Crippen LogP contribution in [-0.4, -0.2) is 42.4 Å². The molecular formula is C22H33N3O2.